The van der Waals surface area contributed by atoms with E-state index in [0.29, 0.717) is 5.82 Å². The molecule has 1 heterocycles. The van der Waals surface area contributed by atoms with E-state index in [1.165, 1.54) is 6.92 Å². The molecule has 0 aliphatic heterocycles. The highest BCUT2D eigenvalue weighted by atomic mass is 79.9. The Kier molecular flexibility index (Phi) is 2.28. The zero-order valence-electron chi connectivity index (χ0n) is 6.26. The number of rotatable bonds is 1. The summed E-state index contributed by atoms with van der Waals surface area (Å²) in [5.74, 6) is 0.447. The van der Waals surface area contributed by atoms with Crippen molar-refractivity contribution in [2.75, 3.05) is 5.32 Å². The van der Waals surface area contributed by atoms with Gasteiger partial charge in [-0.3, -0.25) is 9.48 Å². The molecule has 0 aliphatic carbocycles. The Bertz CT molecular complexity index is 262. The third-order valence-electron chi connectivity index (χ3n) is 1.13. The number of hydrogen-bond donors (Lipinski definition) is 1. The molecule has 60 valence electrons. The van der Waals surface area contributed by atoms with E-state index in [2.05, 4.69) is 26.3 Å². The molecule has 0 saturated carbocycles. The van der Waals surface area contributed by atoms with Gasteiger partial charge in [0.25, 0.3) is 0 Å². The van der Waals surface area contributed by atoms with Crippen molar-refractivity contribution in [1.29, 1.82) is 0 Å². The van der Waals surface area contributed by atoms with Crippen molar-refractivity contribution in [1.82, 2.24) is 9.78 Å². The molecule has 1 aromatic rings. The van der Waals surface area contributed by atoms with Crippen LogP contribution in [0.1, 0.15) is 6.92 Å². The summed E-state index contributed by atoms with van der Waals surface area (Å²) in [7, 11) is 1.79. The largest absolute Gasteiger partial charge is 0.309 e. The molecule has 0 radical (unpaired) electrons. The van der Waals surface area contributed by atoms with Gasteiger partial charge in [-0.1, -0.05) is 0 Å². The number of carbonyl (C=O) groups is 1. The van der Waals surface area contributed by atoms with Crippen molar-refractivity contribution in [2.45, 2.75) is 6.92 Å². The van der Waals surface area contributed by atoms with E-state index in [-0.39, 0.29) is 5.91 Å². The summed E-state index contributed by atoms with van der Waals surface area (Å²) in [5.41, 5.74) is 0. The molecule has 0 spiro atoms. The van der Waals surface area contributed by atoms with Gasteiger partial charge in [0.15, 0.2) is 5.82 Å². The Morgan fingerprint density at radius 2 is 2.45 bits per heavy atom. The number of carbonyl (C=O) groups excluding carboxylic acids is 1. The van der Waals surface area contributed by atoms with Crippen molar-refractivity contribution >= 4 is 27.7 Å². The second-order valence-electron chi connectivity index (χ2n) is 2.16. The van der Waals surface area contributed by atoms with Gasteiger partial charge in [-0.05, 0) is 15.9 Å². The lowest BCUT2D eigenvalue weighted by Gasteiger charge is -1.92. The fourth-order valence-electron chi connectivity index (χ4n) is 0.686. The number of hydrogen-bond acceptors (Lipinski definition) is 2. The smallest absolute Gasteiger partial charge is 0.222 e. The maximum Gasteiger partial charge on any atom is 0.222 e. The third-order valence-corrected chi connectivity index (χ3v) is 1.87. The summed E-state index contributed by atoms with van der Waals surface area (Å²) in [5, 5.41) is 6.55. The van der Waals surface area contributed by atoms with Crippen LogP contribution in [0.2, 0.25) is 0 Å². The molecule has 0 unspecified atom stereocenters. The standard InChI is InChI=1S/C6H8BrN3O/c1-4(11)8-6-3-5(7)10(2)9-6/h3H,1-2H3,(H,8,9,11). The molecule has 0 aliphatic rings. The van der Waals surface area contributed by atoms with E-state index < -0.39 is 0 Å². The molecule has 1 aromatic heterocycles. The van der Waals surface area contributed by atoms with Crippen LogP contribution in [0.3, 0.4) is 0 Å². The SMILES string of the molecule is CC(=O)Nc1cc(Br)n(C)n1. The summed E-state index contributed by atoms with van der Waals surface area (Å²) in [4.78, 5) is 10.6. The summed E-state index contributed by atoms with van der Waals surface area (Å²) in [6.07, 6.45) is 0. The zero-order chi connectivity index (χ0) is 8.43. The number of nitrogens with zero attached hydrogens (tertiary/aromatic N) is 2. The van der Waals surface area contributed by atoms with Gasteiger partial charge in [0.1, 0.15) is 4.60 Å². The highest BCUT2D eigenvalue weighted by Gasteiger charge is 2.01. The van der Waals surface area contributed by atoms with Crippen molar-refractivity contribution < 1.29 is 4.79 Å². The Morgan fingerprint density at radius 3 is 2.82 bits per heavy atom. The maximum absolute atomic E-state index is 10.6. The topological polar surface area (TPSA) is 46.9 Å². The number of aromatic nitrogens is 2. The van der Waals surface area contributed by atoms with Crippen LogP contribution in [0.15, 0.2) is 10.7 Å². The maximum atomic E-state index is 10.6. The van der Waals surface area contributed by atoms with Gasteiger partial charge in [0.05, 0.1) is 0 Å². The Labute approximate surface area is 72.7 Å². The summed E-state index contributed by atoms with van der Waals surface area (Å²) < 4.78 is 2.46. The fraction of sp³-hybridized carbons (Fsp3) is 0.333. The van der Waals surface area contributed by atoms with Gasteiger partial charge in [-0.25, -0.2) is 0 Å². The van der Waals surface area contributed by atoms with Crippen LogP contribution in [0.25, 0.3) is 0 Å². The minimum absolute atomic E-state index is 0.115. The van der Waals surface area contributed by atoms with Crippen LogP contribution in [-0.4, -0.2) is 15.7 Å². The van der Waals surface area contributed by atoms with Crippen LogP contribution in [0.5, 0.6) is 0 Å². The van der Waals surface area contributed by atoms with Gasteiger partial charge in [0.2, 0.25) is 5.91 Å². The first-order valence-electron chi connectivity index (χ1n) is 3.06. The number of aryl methyl sites for hydroxylation is 1. The first-order chi connectivity index (χ1) is 5.09. The van der Waals surface area contributed by atoms with E-state index in [1.54, 1.807) is 17.8 Å². The molecular formula is C6H8BrN3O. The van der Waals surface area contributed by atoms with E-state index in [1.807, 2.05) is 0 Å². The number of halogens is 1. The highest BCUT2D eigenvalue weighted by molar-refractivity contribution is 9.10. The average molecular weight is 218 g/mol. The van der Waals surface area contributed by atoms with E-state index in [4.69, 9.17) is 0 Å². The van der Waals surface area contributed by atoms with Crippen molar-refractivity contribution in [3.8, 4) is 0 Å². The molecule has 0 fully saturated rings. The fourth-order valence-corrected chi connectivity index (χ4v) is 0.982. The average Bonchev–Trinajstić information content (AvgIpc) is 2.10. The van der Waals surface area contributed by atoms with Crippen molar-refractivity contribution in [3.05, 3.63) is 10.7 Å². The first kappa shape index (κ1) is 8.26. The lowest BCUT2D eigenvalue weighted by Crippen LogP contribution is -2.06. The number of amides is 1. The van der Waals surface area contributed by atoms with Gasteiger partial charge in [0, 0.05) is 20.0 Å². The van der Waals surface area contributed by atoms with E-state index >= 15 is 0 Å². The molecule has 4 nitrogen and oxygen atoms in total. The van der Waals surface area contributed by atoms with Crippen LogP contribution >= 0.6 is 15.9 Å². The monoisotopic (exact) mass is 217 g/mol. The zero-order valence-corrected chi connectivity index (χ0v) is 7.84. The van der Waals surface area contributed by atoms with Crippen LogP contribution in [-0.2, 0) is 11.8 Å². The molecule has 0 bridgehead atoms. The second-order valence-corrected chi connectivity index (χ2v) is 2.97. The number of nitrogens with one attached hydrogen (secondary N) is 1. The first-order valence-corrected chi connectivity index (χ1v) is 3.86. The van der Waals surface area contributed by atoms with Gasteiger partial charge in [-0.2, -0.15) is 5.10 Å². The summed E-state index contributed by atoms with van der Waals surface area (Å²) in [6, 6.07) is 1.74. The second kappa shape index (κ2) is 3.04. The summed E-state index contributed by atoms with van der Waals surface area (Å²) >= 11 is 3.26. The molecule has 1 rings (SSSR count). The van der Waals surface area contributed by atoms with E-state index in [9.17, 15) is 4.79 Å². The molecule has 11 heavy (non-hydrogen) atoms. The molecule has 0 saturated heterocycles. The predicted octanol–water partition coefficient (Wildman–Crippen LogP) is 1.14. The van der Waals surface area contributed by atoms with Gasteiger partial charge >= 0.3 is 0 Å². The predicted molar refractivity (Wildman–Crippen MR) is 45.2 cm³/mol. The Morgan fingerprint density at radius 1 is 1.82 bits per heavy atom. The highest BCUT2D eigenvalue weighted by Crippen LogP contribution is 2.13. The molecular weight excluding hydrogens is 210 g/mol. The Hall–Kier alpha value is -0.840. The quantitative estimate of drug-likeness (QED) is 0.768. The lowest BCUT2D eigenvalue weighted by atomic mass is 10.6. The molecule has 1 N–H and O–H groups in total. The van der Waals surface area contributed by atoms with Crippen molar-refractivity contribution in [3.63, 3.8) is 0 Å². The molecule has 1 amide bonds. The lowest BCUT2D eigenvalue weighted by molar-refractivity contribution is -0.114. The van der Waals surface area contributed by atoms with Gasteiger partial charge in [-0.15, -0.1) is 0 Å². The third kappa shape index (κ3) is 2.04. The summed E-state index contributed by atoms with van der Waals surface area (Å²) in [6.45, 7) is 1.45. The van der Waals surface area contributed by atoms with Gasteiger partial charge < -0.3 is 5.32 Å². The Balaban J connectivity index is 2.81. The van der Waals surface area contributed by atoms with Crippen LogP contribution in [0.4, 0.5) is 5.82 Å². The molecule has 5 heteroatoms. The minimum Gasteiger partial charge on any atom is -0.309 e. The number of anilines is 1. The minimum atomic E-state index is -0.115. The molecule has 0 atom stereocenters. The molecule has 0 aromatic carbocycles. The normalized spacial score (nSPS) is 9.73. The van der Waals surface area contributed by atoms with Crippen LogP contribution < -0.4 is 5.32 Å². The van der Waals surface area contributed by atoms with Crippen molar-refractivity contribution in [2.24, 2.45) is 7.05 Å². The van der Waals surface area contributed by atoms with Crippen LogP contribution in [0, 0.1) is 0 Å². The van der Waals surface area contributed by atoms with E-state index in [0.717, 1.165) is 4.60 Å².